The Morgan fingerprint density at radius 3 is 2.58 bits per heavy atom. The van der Waals surface area contributed by atoms with Gasteiger partial charge in [-0.25, -0.2) is 4.98 Å². The largest absolute Gasteiger partial charge is 0.383 e. The lowest BCUT2D eigenvalue weighted by Gasteiger charge is -2.10. The number of rotatable bonds is 3. The highest BCUT2D eigenvalue weighted by Crippen LogP contribution is 2.42. The van der Waals surface area contributed by atoms with Gasteiger partial charge in [0.1, 0.15) is 17.3 Å². The van der Waals surface area contributed by atoms with E-state index >= 15 is 0 Å². The zero-order chi connectivity index (χ0) is 13.6. The topological polar surface area (TPSA) is 56.7 Å². The van der Waals surface area contributed by atoms with Gasteiger partial charge in [0.25, 0.3) is 0 Å². The number of aromatic nitrogens is 3. The van der Waals surface area contributed by atoms with Crippen LogP contribution in [-0.2, 0) is 0 Å². The van der Waals surface area contributed by atoms with Crippen molar-refractivity contribution in [3.8, 4) is 11.3 Å². The second-order valence-electron chi connectivity index (χ2n) is 5.65. The summed E-state index contributed by atoms with van der Waals surface area (Å²) >= 11 is 0. The first-order valence-electron chi connectivity index (χ1n) is 6.88. The van der Waals surface area contributed by atoms with Gasteiger partial charge >= 0.3 is 0 Å². The molecular weight excluding hydrogens is 236 g/mol. The van der Waals surface area contributed by atoms with Gasteiger partial charge in [-0.2, -0.15) is 0 Å². The van der Waals surface area contributed by atoms with Crippen LogP contribution in [0.1, 0.15) is 50.2 Å². The van der Waals surface area contributed by atoms with Crippen LogP contribution in [0.4, 0.5) is 5.82 Å². The third-order valence-corrected chi connectivity index (χ3v) is 3.59. The highest BCUT2D eigenvalue weighted by Gasteiger charge is 2.30. The van der Waals surface area contributed by atoms with Crippen molar-refractivity contribution in [2.45, 2.75) is 45.6 Å². The Hall–Kier alpha value is -1.84. The molecule has 0 saturated heterocycles. The predicted octanol–water partition coefficient (Wildman–Crippen LogP) is 3.29. The molecule has 1 aliphatic carbocycles. The maximum absolute atomic E-state index is 6.33. The number of nitrogens with two attached hydrogens (primary N) is 1. The third kappa shape index (κ3) is 2.11. The standard InChI is InChI=1S/C15H20N4/c1-9(2)15-18-13(11-5-4-10(3)17-8-11)14(16)19(15)12-6-7-12/h4-5,8-9,12H,6-7,16H2,1-3H3. The van der Waals surface area contributed by atoms with Crippen molar-refractivity contribution in [3.63, 3.8) is 0 Å². The minimum absolute atomic E-state index is 0.384. The average molecular weight is 256 g/mol. The van der Waals surface area contributed by atoms with Gasteiger partial charge in [-0.05, 0) is 31.9 Å². The van der Waals surface area contributed by atoms with Crippen molar-refractivity contribution in [2.75, 3.05) is 5.73 Å². The molecule has 0 aromatic carbocycles. The summed E-state index contributed by atoms with van der Waals surface area (Å²) in [6, 6.07) is 4.60. The van der Waals surface area contributed by atoms with Gasteiger partial charge in [0.15, 0.2) is 0 Å². The van der Waals surface area contributed by atoms with E-state index in [2.05, 4.69) is 23.4 Å². The monoisotopic (exact) mass is 256 g/mol. The van der Waals surface area contributed by atoms with Crippen LogP contribution in [-0.4, -0.2) is 14.5 Å². The Morgan fingerprint density at radius 2 is 2.05 bits per heavy atom. The fourth-order valence-electron chi connectivity index (χ4n) is 2.41. The summed E-state index contributed by atoms with van der Waals surface area (Å²) in [5, 5.41) is 0. The highest BCUT2D eigenvalue weighted by molar-refractivity contribution is 5.70. The normalized spacial score (nSPS) is 15.2. The molecule has 0 bridgehead atoms. The van der Waals surface area contributed by atoms with Crippen LogP contribution in [0, 0.1) is 6.92 Å². The van der Waals surface area contributed by atoms with Gasteiger partial charge in [0.05, 0.1) is 0 Å². The van der Waals surface area contributed by atoms with E-state index in [4.69, 9.17) is 10.7 Å². The average Bonchev–Trinajstić information content (AvgIpc) is 3.14. The number of pyridine rings is 1. The number of nitrogens with zero attached hydrogens (tertiary/aromatic N) is 3. The fourth-order valence-corrected chi connectivity index (χ4v) is 2.41. The van der Waals surface area contributed by atoms with Gasteiger partial charge < -0.3 is 10.3 Å². The van der Waals surface area contributed by atoms with E-state index in [1.165, 1.54) is 12.8 Å². The van der Waals surface area contributed by atoms with Gasteiger partial charge in [0.2, 0.25) is 0 Å². The molecule has 1 aliphatic rings. The Balaban J connectivity index is 2.11. The van der Waals surface area contributed by atoms with Crippen molar-refractivity contribution < 1.29 is 0 Å². The van der Waals surface area contributed by atoms with Crippen LogP contribution in [0.15, 0.2) is 18.3 Å². The smallest absolute Gasteiger partial charge is 0.132 e. The number of anilines is 1. The van der Waals surface area contributed by atoms with Crippen LogP contribution < -0.4 is 5.73 Å². The summed E-state index contributed by atoms with van der Waals surface area (Å²) in [5.41, 5.74) is 9.22. The van der Waals surface area contributed by atoms with Crippen molar-refractivity contribution in [3.05, 3.63) is 29.8 Å². The number of nitrogen functional groups attached to an aromatic ring is 1. The molecule has 100 valence electrons. The van der Waals surface area contributed by atoms with Gasteiger partial charge in [-0.15, -0.1) is 0 Å². The second kappa shape index (κ2) is 4.37. The van der Waals surface area contributed by atoms with Crippen molar-refractivity contribution in [1.82, 2.24) is 14.5 Å². The summed E-state index contributed by atoms with van der Waals surface area (Å²) in [6.45, 7) is 6.31. The van der Waals surface area contributed by atoms with Crippen LogP contribution in [0.5, 0.6) is 0 Å². The zero-order valence-corrected chi connectivity index (χ0v) is 11.7. The van der Waals surface area contributed by atoms with E-state index in [1.54, 1.807) is 0 Å². The molecule has 2 aromatic heterocycles. The lowest BCUT2D eigenvalue weighted by atomic mass is 10.2. The van der Waals surface area contributed by atoms with Gasteiger partial charge in [-0.3, -0.25) is 4.98 Å². The molecule has 1 fully saturated rings. The number of imidazole rings is 1. The molecule has 0 unspecified atom stereocenters. The third-order valence-electron chi connectivity index (χ3n) is 3.59. The number of aryl methyl sites for hydroxylation is 1. The minimum atomic E-state index is 0.384. The molecule has 4 heteroatoms. The molecule has 2 aromatic rings. The molecular formula is C15H20N4. The zero-order valence-electron chi connectivity index (χ0n) is 11.7. The minimum Gasteiger partial charge on any atom is -0.383 e. The summed E-state index contributed by atoms with van der Waals surface area (Å²) in [6.07, 6.45) is 4.28. The molecule has 4 nitrogen and oxygen atoms in total. The SMILES string of the molecule is Cc1ccc(-c2nc(C(C)C)n(C3CC3)c2N)cn1. The second-order valence-corrected chi connectivity index (χ2v) is 5.65. The van der Waals surface area contributed by atoms with Crippen LogP contribution in [0.25, 0.3) is 11.3 Å². The number of hydrogen-bond acceptors (Lipinski definition) is 3. The first-order chi connectivity index (χ1) is 9.08. The first-order valence-corrected chi connectivity index (χ1v) is 6.88. The van der Waals surface area contributed by atoms with E-state index in [-0.39, 0.29) is 0 Å². The Bertz CT molecular complexity index is 591. The molecule has 0 amide bonds. The molecule has 0 atom stereocenters. The lowest BCUT2D eigenvalue weighted by molar-refractivity contribution is 0.646. The van der Waals surface area contributed by atoms with E-state index in [0.717, 1.165) is 28.6 Å². The van der Waals surface area contributed by atoms with Crippen LogP contribution in [0.2, 0.25) is 0 Å². The molecule has 19 heavy (non-hydrogen) atoms. The van der Waals surface area contributed by atoms with Crippen LogP contribution in [0.3, 0.4) is 0 Å². The molecule has 2 N–H and O–H groups in total. The maximum Gasteiger partial charge on any atom is 0.132 e. The summed E-state index contributed by atoms with van der Waals surface area (Å²) in [5.74, 6) is 2.27. The van der Waals surface area contributed by atoms with Gasteiger partial charge in [-0.1, -0.05) is 13.8 Å². The van der Waals surface area contributed by atoms with Crippen molar-refractivity contribution in [2.24, 2.45) is 0 Å². The summed E-state index contributed by atoms with van der Waals surface area (Å²) in [7, 11) is 0. The summed E-state index contributed by atoms with van der Waals surface area (Å²) in [4.78, 5) is 9.10. The predicted molar refractivity (Wildman–Crippen MR) is 77.0 cm³/mol. The molecule has 0 spiro atoms. The van der Waals surface area contributed by atoms with Crippen molar-refractivity contribution >= 4 is 5.82 Å². The van der Waals surface area contributed by atoms with Crippen molar-refractivity contribution in [1.29, 1.82) is 0 Å². The quantitative estimate of drug-likeness (QED) is 0.916. The van der Waals surface area contributed by atoms with E-state index in [0.29, 0.717) is 12.0 Å². The molecule has 2 heterocycles. The first kappa shape index (κ1) is 12.2. The van der Waals surface area contributed by atoms with Gasteiger partial charge in [0, 0.05) is 29.4 Å². The lowest BCUT2D eigenvalue weighted by Crippen LogP contribution is -2.06. The highest BCUT2D eigenvalue weighted by atomic mass is 15.2. The molecule has 1 saturated carbocycles. The molecule has 0 aliphatic heterocycles. The summed E-state index contributed by atoms with van der Waals surface area (Å²) < 4.78 is 2.22. The fraction of sp³-hybridized carbons (Fsp3) is 0.467. The van der Waals surface area contributed by atoms with Crippen LogP contribution >= 0.6 is 0 Å². The maximum atomic E-state index is 6.33. The van der Waals surface area contributed by atoms with E-state index in [1.807, 2.05) is 25.3 Å². The molecule has 3 rings (SSSR count). The Labute approximate surface area is 113 Å². The molecule has 0 radical (unpaired) electrons. The van der Waals surface area contributed by atoms with E-state index < -0.39 is 0 Å². The number of hydrogen-bond donors (Lipinski definition) is 1. The Morgan fingerprint density at radius 1 is 1.32 bits per heavy atom. The Kier molecular flexibility index (Phi) is 2.81. The van der Waals surface area contributed by atoms with E-state index in [9.17, 15) is 0 Å².